The molecule has 0 bridgehead atoms. The first-order valence-corrected chi connectivity index (χ1v) is 12.6. The molecule has 2 aliphatic heterocycles. The van der Waals surface area contributed by atoms with E-state index in [4.69, 9.17) is 9.47 Å². The Kier molecular flexibility index (Phi) is 7.94. The summed E-state index contributed by atoms with van der Waals surface area (Å²) in [5.74, 6) is -0.0769. The second kappa shape index (κ2) is 11.1. The number of fused-ring (bicyclic) bond motifs is 2. The van der Waals surface area contributed by atoms with E-state index >= 15 is 0 Å². The molecule has 2 aliphatic rings. The minimum atomic E-state index is -0.342. The van der Waals surface area contributed by atoms with E-state index in [0.29, 0.717) is 29.8 Å². The maximum absolute atomic E-state index is 13.3. The number of nitrogens with zero attached hydrogens (tertiary/aromatic N) is 1. The highest BCUT2D eigenvalue weighted by Gasteiger charge is 2.39. The van der Waals surface area contributed by atoms with Gasteiger partial charge in [-0.2, -0.15) is 0 Å². The Bertz CT molecular complexity index is 1100. The zero-order valence-corrected chi connectivity index (χ0v) is 21.3. The molecular weight excluding hydrogens is 458 g/mol. The molecule has 0 unspecified atom stereocenters. The van der Waals surface area contributed by atoms with Crippen molar-refractivity contribution in [2.75, 3.05) is 19.0 Å². The number of benzene rings is 2. The van der Waals surface area contributed by atoms with Gasteiger partial charge in [0.25, 0.3) is 5.91 Å². The summed E-state index contributed by atoms with van der Waals surface area (Å²) in [7, 11) is 1.77. The van der Waals surface area contributed by atoms with Gasteiger partial charge in [0.15, 0.2) is 0 Å². The second-order valence-electron chi connectivity index (χ2n) is 9.93. The number of amides is 3. The molecule has 192 valence electrons. The number of hydrogen-bond donors (Lipinski definition) is 2. The van der Waals surface area contributed by atoms with Gasteiger partial charge in [-0.3, -0.25) is 14.4 Å². The van der Waals surface area contributed by atoms with Gasteiger partial charge in [-0.15, -0.1) is 0 Å². The Labute approximate surface area is 212 Å². The van der Waals surface area contributed by atoms with Crippen LogP contribution in [0.3, 0.4) is 0 Å². The Morgan fingerprint density at radius 3 is 2.56 bits per heavy atom. The monoisotopic (exact) mass is 493 g/mol. The Balaban J connectivity index is 1.40. The van der Waals surface area contributed by atoms with Crippen LogP contribution in [0.15, 0.2) is 48.5 Å². The molecule has 8 nitrogen and oxygen atoms in total. The van der Waals surface area contributed by atoms with Crippen LogP contribution in [0.5, 0.6) is 5.75 Å². The van der Waals surface area contributed by atoms with Gasteiger partial charge in [0.05, 0.1) is 30.2 Å². The van der Waals surface area contributed by atoms with E-state index in [1.165, 1.54) is 0 Å². The van der Waals surface area contributed by atoms with E-state index in [1.54, 1.807) is 30.1 Å². The lowest BCUT2D eigenvalue weighted by atomic mass is 9.94. The highest BCUT2D eigenvalue weighted by atomic mass is 16.5. The van der Waals surface area contributed by atoms with Gasteiger partial charge < -0.3 is 25.0 Å². The summed E-state index contributed by atoms with van der Waals surface area (Å²) in [5, 5.41) is 5.89. The molecule has 2 aromatic rings. The van der Waals surface area contributed by atoms with Crippen LogP contribution < -0.4 is 15.4 Å². The van der Waals surface area contributed by atoms with Crippen LogP contribution in [0, 0.1) is 5.92 Å². The molecule has 36 heavy (non-hydrogen) atoms. The number of hydrogen-bond acceptors (Lipinski definition) is 5. The third-order valence-corrected chi connectivity index (χ3v) is 6.89. The number of carbonyl (C=O) groups is 3. The van der Waals surface area contributed by atoms with Crippen molar-refractivity contribution in [1.82, 2.24) is 10.2 Å². The van der Waals surface area contributed by atoms with Crippen LogP contribution in [0.1, 0.15) is 62.0 Å². The van der Waals surface area contributed by atoms with Crippen molar-refractivity contribution in [3.8, 4) is 5.75 Å². The van der Waals surface area contributed by atoms with Crippen LogP contribution in [-0.4, -0.2) is 54.5 Å². The number of carbonyl (C=O) groups excluding carboxylic acids is 3. The molecule has 2 heterocycles. The van der Waals surface area contributed by atoms with E-state index < -0.39 is 0 Å². The molecule has 3 amide bonds. The lowest BCUT2D eigenvalue weighted by Crippen LogP contribution is -2.54. The van der Waals surface area contributed by atoms with E-state index in [2.05, 4.69) is 10.6 Å². The first-order chi connectivity index (χ1) is 17.2. The third kappa shape index (κ3) is 5.87. The molecule has 4 rings (SSSR count). The number of nitrogens with one attached hydrogen (secondary N) is 2. The summed E-state index contributed by atoms with van der Waals surface area (Å²) in [5.41, 5.74) is 2.02. The molecule has 0 aromatic heterocycles. The summed E-state index contributed by atoms with van der Waals surface area (Å²) >= 11 is 0. The standard InChI is InChI=1S/C28H35N3O5/c1-17(2)27(33)30-20-10-13-24-22(14-20)28(34)31(4)23-12-11-21(36-25(23)16-35-24)15-26(32)29-18(3)19-8-6-5-7-9-19/h5-10,13-14,17-18,21,23,25H,11-12,15-16H2,1-4H3,(H,29,32)(H,30,33)/t18-,21+,23-,25-/m0/s1. The van der Waals surface area contributed by atoms with Crippen molar-refractivity contribution in [2.24, 2.45) is 5.92 Å². The van der Waals surface area contributed by atoms with Crippen LogP contribution in [0.25, 0.3) is 0 Å². The summed E-state index contributed by atoms with van der Waals surface area (Å²) in [4.78, 5) is 39.8. The SMILES string of the molecule is CC(C)C(=O)Nc1ccc2c(c1)C(=O)N(C)[C@H]1CC[C@H](CC(=O)N[C@@H](C)c3ccccc3)O[C@H]1CO2. The predicted octanol–water partition coefficient (Wildman–Crippen LogP) is 3.93. The maximum Gasteiger partial charge on any atom is 0.257 e. The molecule has 0 spiro atoms. The van der Waals surface area contributed by atoms with Gasteiger partial charge in [-0.1, -0.05) is 44.2 Å². The van der Waals surface area contributed by atoms with Crippen molar-refractivity contribution in [2.45, 2.75) is 64.3 Å². The van der Waals surface area contributed by atoms with Crippen molar-refractivity contribution < 1.29 is 23.9 Å². The molecule has 2 aromatic carbocycles. The fraction of sp³-hybridized carbons (Fsp3) is 0.464. The minimum Gasteiger partial charge on any atom is -0.490 e. The molecule has 1 fully saturated rings. The molecule has 2 N–H and O–H groups in total. The number of anilines is 1. The third-order valence-electron chi connectivity index (χ3n) is 6.89. The highest BCUT2D eigenvalue weighted by molar-refractivity contribution is 6.00. The lowest BCUT2D eigenvalue weighted by Gasteiger charge is -2.42. The molecular formula is C28H35N3O5. The average Bonchev–Trinajstić information content (AvgIpc) is 2.86. The quantitative estimate of drug-likeness (QED) is 0.636. The molecule has 8 heteroatoms. The van der Waals surface area contributed by atoms with Crippen molar-refractivity contribution >= 4 is 23.4 Å². The number of rotatable bonds is 6. The van der Waals surface area contributed by atoms with Crippen LogP contribution in [0.2, 0.25) is 0 Å². The van der Waals surface area contributed by atoms with Gasteiger partial charge in [-0.25, -0.2) is 0 Å². The van der Waals surface area contributed by atoms with Gasteiger partial charge in [0.1, 0.15) is 18.5 Å². The van der Waals surface area contributed by atoms with Crippen molar-refractivity contribution in [1.29, 1.82) is 0 Å². The van der Waals surface area contributed by atoms with E-state index in [-0.39, 0.29) is 61.0 Å². The first-order valence-electron chi connectivity index (χ1n) is 12.6. The van der Waals surface area contributed by atoms with Crippen LogP contribution in [-0.2, 0) is 14.3 Å². The maximum atomic E-state index is 13.3. The lowest BCUT2D eigenvalue weighted by molar-refractivity contribution is -0.134. The molecule has 4 atom stereocenters. The van der Waals surface area contributed by atoms with Crippen LogP contribution in [0.4, 0.5) is 5.69 Å². The predicted molar refractivity (Wildman–Crippen MR) is 137 cm³/mol. The van der Waals surface area contributed by atoms with Crippen molar-refractivity contribution in [3.05, 3.63) is 59.7 Å². The molecule has 0 saturated carbocycles. The molecule has 0 radical (unpaired) electrons. The van der Waals surface area contributed by atoms with E-state index in [1.807, 2.05) is 51.1 Å². The fourth-order valence-corrected chi connectivity index (χ4v) is 4.72. The van der Waals surface area contributed by atoms with Crippen molar-refractivity contribution in [3.63, 3.8) is 0 Å². The summed E-state index contributed by atoms with van der Waals surface area (Å²) < 4.78 is 12.3. The zero-order chi connectivity index (χ0) is 25.8. The summed E-state index contributed by atoms with van der Waals surface area (Å²) in [6, 6.07) is 14.7. The first kappa shape index (κ1) is 25.7. The van der Waals surface area contributed by atoms with Gasteiger partial charge >= 0.3 is 0 Å². The van der Waals surface area contributed by atoms with Crippen LogP contribution >= 0.6 is 0 Å². The largest absolute Gasteiger partial charge is 0.490 e. The second-order valence-corrected chi connectivity index (χ2v) is 9.93. The summed E-state index contributed by atoms with van der Waals surface area (Å²) in [6.07, 6.45) is 1.05. The Morgan fingerprint density at radius 1 is 1.08 bits per heavy atom. The van der Waals surface area contributed by atoms with Gasteiger partial charge in [-0.05, 0) is 43.5 Å². The Morgan fingerprint density at radius 2 is 1.83 bits per heavy atom. The topological polar surface area (TPSA) is 97.0 Å². The van der Waals surface area contributed by atoms with E-state index in [0.717, 1.165) is 5.56 Å². The minimum absolute atomic E-state index is 0.0627. The number of likely N-dealkylation sites (N-methyl/N-ethyl adjacent to an activating group) is 1. The van der Waals surface area contributed by atoms with E-state index in [9.17, 15) is 14.4 Å². The average molecular weight is 494 g/mol. The smallest absolute Gasteiger partial charge is 0.257 e. The fourth-order valence-electron chi connectivity index (χ4n) is 4.72. The normalized spacial score (nSPS) is 22.4. The van der Waals surface area contributed by atoms with Gasteiger partial charge in [0, 0.05) is 18.7 Å². The summed E-state index contributed by atoms with van der Waals surface area (Å²) in [6.45, 7) is 5.86. The zero-order valence-electron chi connectivity index (χ0n) is 21.3. The number of ether oxygens (including phenoxy) is 2. The Hall–Kier alpha value is -3.39. The van der Waals surface area contributed by atoms with Gasteiger partial charge in [0.2, 0.25) is 11.8 Å². The molecule has 0 aliphatic carbocycles. The highest BCUT2D eigenvalue weighted by Crippen LogP contribution is 2.32. The molecule has 1 saturated heterocycles.